The van der Waals surface area contributed by atoms with Crippen molar-refractivity contribution in [3.8, 4) is 33.8 Å². The molecule has 4 aliphatic rings. The highest BCUT2D eigenvalue weighted by Gasteiger charge is 2.52. The molecule has 0 radical (unpaired) electrons. The normalized spacial score (nSPS) is 16.2. The fourth-order valence-electron chi connectivity index (χ4n) is 9.26. The molecular formula is C54H40N4O+2. The average molecular weight is 761 g/mol. The van der Waals surface area contributed by atoms with Crippen molar-refractivity contribution in [3.05, 3.63) is 245 Å². The molecule has 3 heterocycles. The number of nitrogens with two attached hydrogens (primary N) is 2. The summed E-state index contributed by atoms with van der Waals surface area (Å²) in [5.74, 6) is 3.06. The van der Waals surface area contributed by atoms with E-state index < -0.39 is 5.41 Å². The second kappa shape index (κ2) is 14.1. The van der Waals surface area contributed by atoms with Gasteiger partial charge in [-0.2, -0.15) is 0 Å². The molecule has 0 bridgehead atoms. The van der Waals surface area contributed by atoms with Gasteiger partial charge in [0.15, 0.2) is 0 Å². The first-order valence-electron chi connectivity index (χ1n) is 20.1. The number of para-hydroxylation sites is 2. The first-order valence-corrected chi connectivity index (χ1v) is 20.1. The quantitative estimate of drug-likeness (QED) is 0.121. The molecule has 0 saturated carbocycles. The van der Waals surface area contributed by atoms with Crippen LogP contribution in [0.25, 0.3) is 39.0 Å². The zero-order valence-electron chi connectivity index (χ0n) is 32.3. The van der Waals surface area contributed by atoms with Crippen LogP contribution < -0.4 is 20.8 Å². The molecule has 7 aromatic rings. The lowest BCUT2D eigenvalue weighted by Crippen LogP contribution is -2.83. The monoisotopic (exact) mass is 760 g/mol. The van der Waals surface area contributed by atoms with Crippen LogP contribution in [0.3, 0.4) is 0 Å². The van der Waals surface area contributed by atoms with Gasteiger partial charge in [0.05, 0.1) is 16.6 Å². The van der Waals surface area contributed by atoms with Crippen LogP contribution in [-0.4, -0.2) is 18.2 Å². The van der Waals surface area contributed by atoms with E-state index in [1.165, 1.54) is 22.4 Å². The van der Waals surface area contributed by atoms with Crippen LogP contribution in [0.4, 0.5) is 0 Å². The molecule has 0 atom stereocenters. The molecule has 5 heteroatoms. The lowest BCUT2D eigenvalue weighted by Gasteiger charge is -2.41. The van der Waals surface area contributed by atoms with E-state index in [2.05, 4.69) is 193 Å². The summed E-state index contributed by atoms with van der Waals surface area (Å²) >= 11 is 0. The van der Waals surface area contributed by atoms with Crippen LogP contribution in [0.1, 0.15) is 38.9 Å². The van der Waals surface area contributed by atoms with Gasteiger partial charge in [-0.05, 0) is 87.0 Å². The maximum Gasteiger partial charge on any atom is 0.344 e. The molecule has 280 valence electrons. The number of nitrogens with zero attached hydrogens (tertiary/aromatic N) is 1. The van der Waals surface area contributed by atoms with E-state index in [0.29, 0.717) is 5.84 Å². The van der Waals surface area contributed by atoms with Crippen molar-refractivity contribution in [2.45, 2.75) is 5.41 Å². The van der Waals surface area contributed by atoms with E-state index in [-0.39, 0.29) is 0 Å². The topological polar surface area (TPSA) is 75.8 Å². The number of fused-ring (bicyclic) bond motifs is 8. The number of benzene rings is 7. The van der Waals surface area contributed by atoms with Crippen LogP contribution in [0.2, 0.25) is 0 Å². The molecule has 0 unspecified atom stereocenters. The summed E-state index contributed by atoms with van der Waals surface area (Å²) in [6.45, 7) is 0.775. The number of amidine groups is 2. The van der Waals surface area contributed by atoms with Crippen molar-refractivity contribution in [3.63, 3.8) is 0 Å². The number of hydrogen-bond acceptors (Lipinski definition) is 2. The Morgan fingerprint density at radius 3 is 1.93 bits per heavy atom. The fourth-order valence-corrected chi connectivity index (χ4v) is 9.26. The summed E-state index contributed by atoms with van der Waals surface area (Å²) in [5.41, 5.74) is 16.5. The minimum Gasteiger partial charge on any atom is -0.457 e. The van der Waals surface area contributed by atoms with E-state index in [1.54, 1.807) is 0 Å². The minimum absolute atomic E-state index is 0.465. The molecule has 1 spiro atoms. The highest BCUT2D eigenvalue weighted by atomic mass is 16.5. The third-order valence-corrected chi connectivity index (χ3v) is 12.0. The Morgan fingerprint density at radius 2 is 1.20 bits per heavy atom. The van der Waals surface area contributed by atoms with Crippen molar-refractivity contribution in [1.82, 2.24) is 5.32 Å². The van der Waals surface area contributed by atoms with Crippen molar-refractivity contribution in [1.29, 1.82) is 0 Å². The fraction of sp³-hybridized carbons (Fsp3) is 0.0370. The second-order valence-corrected chi connectivity index (χ2v) is 15.3. The third kappa shape index (κ3) is 5.74. The molecule has 1 aliphatic carbocycles. The predicted molar refractivity (Wildman–Crippen MR) is 238 cm³/mol. The number of ether oxygens (including phenoxy) is 1. The summed E-state index contributed by atoms with van der Waals surface area (Å²) in [6, 6.07) is 61.9. The number of dihydropyridines is 1. The molecule has 0 amide bonds. The van der Waals surface area contributed by atoms with E-state index in [4.69, 9.17) is 15.1 Å². The lowest BCUT2D eigenvalue weighted by molar-refractivity contribution is -0.458. The Bertz CT molecular complexity index is 2960. The van der Waals surface area contributed by atoms with Crippen LogP contribution in [0.15, 0.2) is 211 Å². The van der Waals surface area contributed by atoms with E-state index in [0.717, 1.165) is 85.1 Å². The Balaban J connectivity index is 0.954. The Morgan fingerprint density at radius 1 is 0.593 bits per heavy atom. The summed E-state index contributed by atoms with van der Waals surface area (Å²) in [5, 5.41) is 12.8. The van der Waals surface area contributed by atoms with E-state index >= 15 is 0 Å². The summed E-state index contributed by atoms with van der Waals surface area (Å²) in [7, 11) is 0. The van der Waals surface area contributed by atoms with Gasteiger partial charge in [-0.25, -0.2) is 5.32 Å². The molecule has 5 nitrogen and oxygen atoms in total. The van der Waals surface area contributed by atoms with Gasteiger partial charge in [-0.1, -0.05) is 152 Å². The van der Waals surface area contributed by atoms with Gasteiger partial charge < -0.3 is 10.1 Å². The number of quaternary nitrogens is 1. The number of hydrogen-bond donors (Lipinski definition) is 3. The van der Waals surface area contributed by atoms with E-state index in [9.17, 15) is 0 Å². The largest absolute Gasteiger partial charge is 0.457 e. The number of allylic oxidation sites excluding steroid dienone is 5. The molecule has 3 aliphatic heterocycles. The summed E-state index contributed by atoms with van der Waals surface area (Å²) in [4.78, 5) is 5.05. The van der Waals surface area contributed by atoms with Gasteiger partial charge in [0.2, 0.25) is 0 Å². The molecular weight excluding hydrogens is 721 g/mol. The van der Waals surface area contributed by atoms with Crippen LogP contribution in [0.5, 0.6) is 11.5 Å². The maximum absolute atomic E-state index is 6.86. The predicted octanol–water partition coefficient (Wildman–Crippen LogP) is 8.95. The zero-order valence-corrected chi connectivity index (χ0v) is 32.3. The molecule has 0 fully saturated rings. The Hall–Kier alpha value is -7.60. The highest BCUT2D eigenvalue weighted by Crippen LogP contribution is 2.61. The number of aliphatic imine (C=N–C) groups is 1. The lowest BCUT2D eigenvalue weighted by atomic mass is 9.67. The second-order valence-electron chi connectivity index (χ2n) is 15.3. The SMILES string of the molecule is [NH2+]=C(N=C1[NH2+]C=C(c2ccccc2)C=C1c1ccccc1)c1cccc(-c2cccc(-c3ccc4c(c3)C3(C5=C4C=CCN5)c4ccccc4Oc4ccccc43)c2)c1. The van der Waals surface area contributed by atoms with Crippen molar-refractivity contribution < 1.29 is 15.5 Å². The standard InChI is InChI=1S/C54H38N4O/c55-52(58-53-45(36-16-5-2-6-17-36)32-42(34-57-53)35-14-3-1-4-15-35)41-21-12-20-39(31-41)37-18-11-19-38(30-37)40-27-28-43-44-22-13-29-56-51(44)54(48(43)33-40)46-23-7-9-25-49(46)59-50-26-10-8-24-47(50)54/h1-28,30-34,56H,29H2,(H2,55,57,58)/p+2. The molecule has 11 rings (SSSR count). The van der Waals surface area contributed by atoms with Gasteiger partial charge in [-0.15, -0.1) is 0 Å². The molecule has 5 N–H and O–H groups in total. The summed E-state index contributed by atoms with van der Waals surface area (Å²) in [6.07, 6.45) is 8.82. The first kappa shape index (κ1) is 34.6. The number of rotatable bonds is 5. The maximum atomic E-state index is 6.86. The van der Waals surface area contributed by atoms with Crippen LogP contribution in [0, 0.1) is 0 Å². The average Bonchev–Trinajstić information content (AvgIpc) is 3.59. The smallest absolute Gasteiger partial charge is 0.344 e. The van der Waals surface area contributed by atoms with Crippen LogP contribution in [-0.2, 0) is 5.41 Å². The summed E-state index contributed by atoms with van der Waals surface area (Å²) < 4.78 is 6.56. The van der Waals surface area contributed by atoms with Crippen molar-refractivity contribution in [2.75, 3.05) is 6.54 Å². The van der Waals surface area contributed by atoms with Crippen molar-refractivity contribution >= 4 is 28.4 Å². The number of nitrogens with one attached hydrogen (secondary N) is 1. The molecule has 59 heavy (non-hydrogen) atoms. The first-order chi connectivity index (χ1) is 29.1. The molecule has 0 saturated heterocycles. The molecule has 7 aromatic carbocycles. The Kier molecular flexibility index (Phi) is 8.28. The van der Waals surface area contributed by atoms with Crippen LogP contribution >= 0.6 is 0 Å². The Labute approximate surface area is 343 Å². The van der Waals surface area contributed by atoms with E-state index in [1.807, 2.05) is 18.2 Å². The van der Waals surface area contributed by atoms with Gasteiger partial charge >= 0.3 is 11.7 Å². The van der Waals surface area contributed by atoms with Gasteiger partial charge in [0, 0.05) is 39.5 Å². The van der Waals surface area contributed by atoms with Gasteiger partial charge in [-0.3, -0.25) is 5.41 Å². The van der Waals surface area contributed by atoms with Gasteiger partial charge in [0.1, 0.15) is 17.7 Å². The van der Waals surface area contributed by atoms with Gasteiger partial charge in [0.25, 0.3) is 0 Å². The highest BCUT2D eigenvalue weighted by molar-refractivity contribution is 6.24. The third-order valence-electron chi connectivity index (χ3n) is 12.0. The molecule has 0 aromatic heterocycles. The minimum atomic E-state index is -0.540. The van der Waals surface area contributed by atoms with Crippen molar-refractivity contribution in [2.24, 2.45) is 4.99 Å². The zero-order chi connectivity index (χ0) is 39.3.